The quantitative estimate of drug-likeness (QED) is 0.693. The zero-order valence-corrected chi connectivity index (χ0v) is 12.0. The van der Waals surface area contributed by atoms with E-state index in [2.05, 4.69) is 20.2 Å². The Morgan fingerprint density at radius 1 is 1.47 bits per heavy atom. The molecule has 0 fully saturated rings. The summed E-state index contributed by atoms with van der Waals surface area (Å²) in [6, 6.07) is 4.08. The highest BCUT2D eigenvalue weighted by molar-refractivity contribution is 7.15. The van der Waals surface area contributed by atoms with Crippen LogP contribution in [-0.2, 0) is 16.0 Å². The number of hydrogen-bond acceptors (Lipinski definition) is 5. The molecular weight excluding hydrogens is 280 g/mol. The fourth-order valence-corrected chi connectivity index (χ4v) is 3.47. The van der Waals surface area contributed by atoms with E-state index in [0.29, 0.717) is 12.8 Å². The number of methoxy groups -OCH3 is 1. The summed E-state index contributed by atoms with van der Waals surface area (Å²) in [5.41, 5.74) is 2.09. The van der Waals surface area contributed by atoms with Gasteiger partial charge < -0.3 is 4.74 Å². The highest BCUT2D eigenvalue weighted by Crippen LogP contribution is 2.27. The lowest BCUT2D eigenvalue weighted by Gasteiger charge is -1.98. The molecule has 0 unspecified atom stereocenters. The standard InChI is InChI=1S/C13H12N2O2S2/c1-17-12(16)5-4-9-8-19-13-14-10(7-15(9)13)11-3-2-6-18-11/h2-3,6-8H,4-5H2,1H3. The van der Waals surface area contributed by atoms with Crippen molar-refractivity contribution in [1.82, 2.24) is 9.38 Å². The van der Waals surface area contributed by atoms with Gasteiger partial charge in [0.05, 0.1) is 18.4 Å². The van der Waals surface area contributed by atoms with E-state index >= 15 is 0 Å². The largest absolute Gasteiger partial charge is 0.469 e. The molecule has 0 radical (unpaired) electrons. The van der Waals surface area contributed by atoms with Gasteiger partial charge in [-0.3, -0.25) is 9.20 Å². The summed E-state index contributed by atoms with van der Waals surface area (Å²) in [7, 11) is 1.41. The van der Waals surface area contributed by atoms with Gasteiger partial charge in [-0.1, -0.05) is 6.07 Å². The van der Waals surface area contributed by atoms with Gasteiger partial charge in [0.25, 0.3) is 0 Å². The average molecular weight is 292 g/mol. The van der Waals surface area contributed by atoms with Crippen LogP contribution in [0, 0.1) is 0 Å². The van der Waals surface area contributed by atoms with Crippen LogP contribution < -0.4 is 0 Å². The van der Waals surface area contributed by atoms with Gasteiger partial charge in [-0.2, -0.15) is 0 Å². The molecule has 0 spiro atoms. The van der Waals surface area contributed by atoms with Crippen LogP contribution in [0.15, 0.2) is 29.1 Å². The topological polar surface area (TPSA) is 43.6 Å². The summed E-state index contributed by atoms with van der Waals surface area (Å²) in [6.07, 6.45) is 3.10. The van der Waals surface area contributed by atoms with Crippen LogP contribution in [0.1, 0.15) is 12.1 Å². The molecule has 0 aliphatic rings. The van der Waals surface area contributed by atoms with Crippen molar-refractivity contribution < 1.29 is 9.53 Å². The zero-order chi connectivity index (χ0) is 13.2. The second-order valence-electron chi connectivity index (χ2n) is 4.06. The predicted molar refractivity (Wildman–Crippen MR) is 76.7 cm³/mol. The average Bonchev–Trinajstić information content (AvgIpc) is 3.11. The summed E-state index contributed by atoms with van der Waals surface area (Å²) in [4.78, 5) is 17.9. The Morgan fingerprint density at radius 3 is 3.11 bits per heavy atom. The SMILES string of the molecule is COC(=O)CCc1csc2nc(-c3cccs3)cn12. The third kappa shape index (κ3) is 2.41. The van der Waals surface area contributed by atoms with Crippen molar-refractivity contribution in [2.75, 3.05) is 7.11 Å². The van der Waals surface area contributed by atoms with Crippen molar-refractivity contribution in [1.29, 1.82) is 0 Å². The summed E-state index contributed by atoms with van der Waals surface area (Å²) in [5.74, 6) is -0.182. The molecule has 98 valence electrons. The van der Waals surface area contributed by atoms with Crippen LogP contribution in [0.25, 0.3) is 15.5 Å². The first kappa shape index (κ1) is 12.4. The van der Waals surface area contributed by atoms with E-state index in [-0.39, 0.29) is 5.97 Å². The number of esters is 1. The van der Waals surface area contributed by atoms with E-state index < -0.39 is 0 Å². The number of thiophene rings is 1. The molecule has 0 amide bonds. The predicted octanol–water partition coefficient (Wildman–Crippen LogP) is 3.23. The van der Waals surface area contributed by atoms with Crippen molar-refractivity contribution in [2.45, 2.75) is 12.8 Å². The maximum atomic E-state index is 11.2. The first-order valence-electron chi connectivity index (χ1n) is 5.84. The van der Waals surface area contributed by atoms with E-state index in [0.717, 1.165) is 21.2 Å². The zero-order valence-electron chi connectivity index (χ0n) is 10.3. The van der Waals surface area contributed by atoms with Crippen LogP contribution in [0.5, 0.6) is 0 Å². The fraction of sp³-hybridized carbons (Fsp3) is 0.231. The monoisotopic (exact) mass is 292 g/mol. The third-order valence-corrected chi connectivity index (χ3v) is 4.65. The first-order valence-corrected chi connectivity index (χ1v) is 7.60. The Bertz CT molecular complexity index is 697. The summed E-state index contributed by atoms with van der Waals surface area (Å²) in [5, 5.41) is 4.09. The van der Waals surface area contributed by atoms with E-state index in [1.807, 2.05) is 23.0 Å². The number of fused-ring (bicyclic) bond motifs is 1. The molecule has 0 bridgehead atoms. The van der Waals surface area contributed by atoms with Gasteiger partial charge in [-0.25, -0.2) is 4.98 Å². The lowest BCUT2D eigenvalue weighted by molar-refractivity contribution is -0.140. The van der Waals surface area contributed by atoms with Gasteiger partial charge in [0.1, 0.15) is 5.69 Å². The maximum Gasteiger partial charge on any atom is 0.305 e. The van der Waals surface area contributed by atoms with Gasteiger partial charge in [0.15, 0.2) is 4.96 Å². The molecule has 0 aromatic carbocycles. The lowest BCUT2D eigenvalue weighted by Crippen LogP contribution is -2.02. The van der Waals surface area contributed by atoms with Crippen LogP contribution in [0.3, 0.4) is 0 Å². The Morgan fingerprint density at radius 2 is 2.37 bits per heavy atom. The van der Waals surface area contributed by atoms with Crippen LogP contribution in [0.2, 0.25) is 0 Å². The van der Waals surface area contributed by atoms with E-state index in [4.69, 9.17) is 0 Å². The lowest BCUT2D eigenvalue weighted by atomic mass is 10.2. The number of hydrogen-bond donors (Lipinski definition) is 0. The Labute approximate surface area is 118 Å². The van der Waals surface area contributed by atoms with E-state index in [1.54, 1.807) is 22.7 Å². The number of nitrogens with zero attached hydrogens (tertiary/aromatic N) is 2. The molecule has 0 N–H and O–H groups in total. The van der Waals surface area contributed by atoms with Gasteiger partial charge in [-0.05, 0) is 17.9 Å². The first-order chi connectivity index (χ1) is 9.28. The number of imidazole rings is 1. The minimum atomic E-state index is -0.182. The van der Waals surface area contributed by atoms with Crippen molar-refractivity contribution in [3.8, 4) is 10.6 Å². The molecule has 0 saturated heterocycles. The van der Waals surface area contributed by atoms with Crippen molar-refractivity contribution in [3.63, 3.8) is 0 Å². The number of ether oxygens (including phenoxy) is 1. The smallest absolute Gasteiger partial charge is 0.305 e. The number of aromatic nitrogens is 2. The fourth-order valence-electron chi connectivity index (χ4n) is 1.88. The van der Waals surface area contributed by atoms with Crippen LogP contribution >= 0.6 is 22.7 Å². The molecule has 6 heteroatoms. The van der Waals surface area contributed by atoms with Crippen molar-refractivity contribution in [2.24, 2.45) is 0 Å². The molecule has 0 aliphatic heterocycles. The van der Waals surface area contributed by atoms with E-state index in [9.17, 15) is 4.79 Å². The summed E-state index contributed by atoms with van der Waals surface area (Å²) in [6.45, 7) is 0. The second kappa shape index (κ2) is 5.14. The third-order valence-electron chi connectivity index (χ3n) is 2.87. The van der Waals surface area contributed by atoms with Crippen molar-refractivity contribution in [3.05, 3.63) is 34.8 Å². The molecule has 0 atom stereocenters. The number of aryl methyl sites for hydroxylation is 1. The summed E-state index contributed by atoms with van der Waals surface area (Å²) >= 11 is 3.27. The van der Waals surface area contributed by atoms with Gasteiger partial charge >= 0.3 is 5.97 Å². The highest BCUT2D eigenvalue weighted by atomic mass is 32.1. The molecule has 3 rings (SSSR count). The van der Waals surface area contributed by atoms with Crippen LogP contribution in [0.4, 0.5) is 0 Å². The minimum absolute atomic E-state index is 0.182. The molecule has 3 aromatic rings. The Kier molecular flexibility index (Phi) is 3.35. The van der Waals surface area contributed by atoms with Gasteiger partial charge in [0.2, 0.25) is 0 Å². The molecule has 0 saturated carbocycles. The van der Waals surface area contributed by atoms with Crippen LogP contribution in [-0.4, -0.2) is 22.5 Å². The molecular formula is C13H12N2O2S2. The van der Waals surface area contributed by atoms with Crippen molar-refractivity contribution >= 4 is 33.6 Å². The molecule has 0 aliphatic carbocycles. The van der Waals surface area contributed by atoms with Gasteiger partial charge in [0, 0.05) is 17.3 Å². The molecule has 19 heavy (non-hydrogen) atoms. The van der Waals surface area contributed by atoms with Gasteiger partial charge in [-0.15, -0.1) is 22.7 Å². The second-order valence-corrected chi connectivity index (χ2v) is 5.84. The number of rotatable bonds is 4. The number of thiazole rings is 1. The minimum Gasteiger partial charge on any atom is -0.469 e. The Hall–Kier alpha value is -1.66. The van der Waals surface area contributed by atoms with E-state index in [1.165, 1.54) is 7.11 Å². The summed E-state index contributed by atoms with van der Waals surface area (Å²) < 4.78 is 6.72. The molecule has 4 nitrogen and oxygen atoms in total. The normalized spacial score (nSPS) is 11.0. The maximum absolute atomic E-state index is 11.2. The Balaban J connectivity index is 1.88. The molecule has 3 heterocycles. The highest BCUT2D eigenvalue weighted by Gasteiger charge is 2.11. The number of carbonyl (C=O) groups is 1. The molecule has 3 aromatic heterocycles. The number of carbonyl (C=O) groups excluding carboxylic acids is 1.